The summed E-state index contributed by atoms with van der Waals surface area (Å²) in [4.78, 5) is 0. The van der Waals surface area contributed by atoms with Gasteiger partial charge in [-0.1, -0.05) is 0 Å². The molecule has 0 fully saturated rings. The summed E-state index contributed by atoms with van der Waals surface area (Å²) in [6.07, 6.45) is 2.78. The van der Waals surface area contributed by atoms with Crippen LogP contribution in [0, 0.1) is 11.8 Å². The van der Waals surface area contributed by atoms with Gasteiger partial charge in [-0.25, -0.2) is 0 Å². The van der Waals surface area contributed by atoms with Crippen molar-refractivity contribution in [2.75, 3.05) is 11.5 Å². The van der Waals surface area contributed by atoms with E-state index in [1.807, 2.05) is 0 Å². The van der Waals surface area contributed by atoms with Crippen molar-refractivity contribution in [3.8, 4) is 11.8 Å². The van der Waals surface area contributed by atoms with E-state index >= 15 is 0 Å². The van der Waals surface area contributed by atoms with Gasteiger partial charge in [0.25, 0.3) is 0 Å². The molecule has 0 spiro atoms. The molecule has 1 aliphatic rings. The number of rotatable bonds is 0. The standard InChI is InChI=1S/C7H10OS/c8-9-6-4-2-1-3-5-7-9/h2,4-7H2/t9-/m0/s1. The van der Waals surface area contributed by atoms with Gasteiger partial charge in [0.05, 0.1) is 0 Å². The topological polar surface area (TPSA) is 17.1 Å². The fraction of sp³-hybridized carbons (Fsp3) is 0.714. The number of hydrogen-bond donors (Lipinski definition) is 0. The minimum absolute atomic E-state index is 0.571. The van der Waals surface area contributed by atoms with Gasteiger partial charge in [-0.3, -0.25) is 4.21 Å². The fourth-order valence-electron chi connectivity index (χ4n) is 0.765. The molecule has 9 heavy (non-hydrogen) atoms. The van der Waals surface area contributed by atoms with E-state index < -0.39 is 10.8 Å². The SMILES string of the molecule is O=[S@@]1CCC#CCCC1. The molecule has 0 aromatic heterocycles. The summed E-state index contributed by atoms with van der Waals surface area (Å²) < 4.78 is 10.9. The van der Waals surface area contributed by atoms with Crippen LogP contribution in [-0.4, -0.2) is 15.7 Å². The fourth-order valence-corrected chi connectivity index (χ4v) is 1.77. The zero-order valence-electron chi connectivity index (χ0n) is 5.35. The molecular weight excluding hydrogens is 132 g/mol. The molecule has 0 aliphatic carbocycles. The highest BCUT2D eigenvalue weighted by molar-refractivity contribution is 7.84. The average Bonchev–Trinajstić information content (AvgIpc) is 1.79. The average molecular weight is 142 g/mol. The Kier molecular flexibility index (Phi) is 2.79. The molecule has 1 aliphatic heterocycles. The molecule has 1 rings (SSSR count). The highest BCUT2D eigenvalue weighted by Crippen LogP contribution is 1.97. The molecule has 1 atom stereocenters. The highest BCUT2D eigenvalue weighted by Gasteiger charge is 1.98. The molecular formula is C7H10OS. The Morgan fingerprint density at radius 1 is 1.11 bits per heavy atom. The zero-order chi connectivity index (χ0) is 6.53. The first-order valence-electron chi connectivity index (χ1n) is 3.20. The first kappa shape index (κ1) is 6.82. The van der Waals surface area contributed by atoms with Gasteiger partial charge in [-0.05, 0) is 6.42 Å². The van der Waals surface area contributed by atoms with Crippen LogP contribution in [0.5, 0.6) is 0 Å². The Hall–Kier alpha value is -0.290. The Morgan fingerprint density at radius 3 is 2.78 bits per heavy atom. The van der Waals surface area contributed by atoms with Crippen molar-refractivity contribution < 1.29 is 4.21 Å². The van der Waals surface area contributed by atoms with E-state index in [1.165, 1.54) is 0 Å². The van der Waals surface area contributed by atoms with Crippen LogP contribution in [0.4, 0.5) is 0 Å². The Labute approximate surface area is 58.3 Å². The molecule has 1 nitrogen and oxygen atoms in total. The molecule has 0 radical (unpaired) electrons. The highest BCUT2D eigenvalue weighted by atomic mass is 32.2. The van der Waals surface area contributed by atoms with Gasteiger partial charge in [0.1, 0.15) is 0 Å². The molecule has 0 N–H and O–H groups in total. The van der Waals surface area contributed by atoms with Crippen LogP contribution >= 0.6 is 0 Å². The molecule has 50 valence electrons. The van der Waals surface area contributed by atoms with Crippen LogP contribution in [0.25, 0.3) is 0 Å². The summed E-state index contributed by atoms with van der Waals surface area (Å²) in [7, 11) is -0.571. The summed E-state index contributed by atoms with van der Waals surface area (Å²) in [6, 6.07) is 0. The monoisotopic (exact) mass is 142 g/mol. The first-order chi connectivity index (χ1) is 4.39. The molecule has 2 heteroatoms. The zero-order valence-corrected chi connectivity index (χ0v) is 6.17. The van der Waals surface area contributed by atoms with Gasteiger partial charge in [-0.2, -0.15) is 0 Å². The van der Waals surface area contributed by atoms with Crippen molar-refractivity contribution in [1.29, 1.82) is 0 Å². The van der Waals surface area contributed by atoms with Crippen LogP contribution in [0.1, 0.15) is 19.3 Å². The third-order valence-corrected chi connectivity index (χ3v) is 2.66. The lowest BCUT2D eigenvalue weighted by Gasteiger charge is -1.98. The van der Waals surface area contributed by atoms with Crippen molar-refractivity contribution in [1.82, 2.24) is 0 Å². The first-order valence-corrected chi connectivity index (χ1v) is 4.69. The van der Waals surface area contributed by atoms with Crippen molar-refractivity contribution >= 4 is 10.8 Å². The van der Waals surface area contributed by atoms with Crippen LogP contribution < -0.4 is 0 Å². The summed E-state index contributed by atoms with van der Waals surface area (Å²) in [6.45, 7) is 0. The second-order valence-electron chi connectivity index (χ2n) is 2.06. The molecule has 0 bridgehead atoms. The lowest BCUT2D eigenvalue weighted by atomic mass is 10.3. The third-order valence-electron chi connectivity index (χ3n) is 1.25. The van der Waals surface area contributed by atoms with Gasteiger partial charge < -0.3 is 0 Å². The van der Waals surface area contributed by atoms with Crippen LogP contribution in [0.15, 0.2) is 0 Å². The van der Waals surface area contributed by atoms with E-state index in [0.717, 1.165) is 30.8 Å². The van der Waals surface area contributed by atoms with E-state index in [1.54, 1.807) is 0 Å². The van der Waals surface area contributed by atoms with Gasteiger partial charge in [0, 0.05) is 35.1 Å². The maximum Gasteiger partial charge on any atom is 0.0344 e. The van der Waals surface area contributed by atoms with Gasteiger partial charge in [0.2, 0.25) is 0 Å². The second-order valence-corrected chi connectivity index (χ2v) is 3.75. The van der Waals surface area contributed by atoms with Crippen LogP contribution in [-0.2, 0) is 10.8 Å². The molecule has 0 aromatic rings. The molecule has 0 saturated carbocycles. The van der Waals surface area contributed by atoms with Crippen molar-refractivity contribution in [3.63, 3.8) is 0 Å². The third kappa shape index (κ3) is 2.67. The van der Waals surface area contributed by atoms with E-state index in [2.05, 4.69) is 11.8 Å². The van der Waals surface area contributed by atoms with Crippen LogP contribution in [0.2, 0.25) is 0 Å². The van der Waals surface area contributed by atoms with Crippen molar-refractivity contribution in [2.45, 2.75) is 19.3 Å². The summed E-state index contributed by atoms with van der Waals surface area (Å²) in [5.41, 5.74) is 0. The van der Waals surface area contributed by atoms with E-state index in [9.17, 15) is 4.21 Å². The predicted octanol–water partition coefficient (Wildman–Crippen LogP) is 0.922. The minimum Gasteiger partial charge on any atom is -0.260 e. The van der Waals surface area contributed by atoms with Gasteiger partial charge >= 0.3 is 0 Å². The van der Waals surface area contributed by atoms with Gasteiger partial charge in [-0.15, -0.1) is 11.8 Å². The van der Waals surface area contributed by atoms with Crippen molar-refractivity contribution in [3.05, 3.63) is 0 Å². The lowest BCUT2D eigenvalue weighted by Crippen LogP contribution is -2.03. The van der Waals surface area contributed by atoms with E-state index in [4.69, 9.17) is 0 Å². The Morgan fingerprint density at radius 2 is 1.89 bits per heavy atom. The van der Waals surface area contributed by atoms with E-state index in [0.29, 0.717) is 0 Å². The van der Waals surface area contributed by atoms with E-state index in [-0.39, 0.29) is 0 Å². The van der Waals surface area contributed by atoms with Crippen molar-refractivity contribution in [2.24, 2.45) is 0 Å². The minimum atomic E-state index is -0.571. The maximum absolute atomic E-state index is 10.9. The summed E-state index contributed by atoms with van der Waals surface area (Å²) in [5.74, 6) is 7.64. The molecule has 0 amide bonds. The quantitative estimate of drug-likeness (QED) is 0.460. The smallest absolute Gasteiger partial charge is 0.0344 e. The summed E-state index contributed by atoms with van der Waals surface area (Å²) in [5, 5.41) is 0. The molecule has 1 heterocycles. The largest absolute Gasteiger partial charge is 0.260 e. The van der Waals surface area contributed by atoms with Gasteiger partial charge in [0.15, 0.2) is 0 Å². The Bertz CT molecular complexity index is 163. The Balaban J connectivity index is 2.41. The summed E-state index contributed by atoms with van der Waals surface area (Å²) >= 11 is 0. The molecule has 0 unspecified atom stereocenters. The molecule has 0 saturated heterocycles. The molecule has 0 aromatic carbocycles. The van der Waals surface area contributed by atoms with Crippen LogP contribution in [0.3, 0.4) is 0 Å². The lowest BCUT2D eigenvalue weighted by molar-refractivity contribution is 0.680. The predicted molar refractivity (Wildman–Crippen MR) is 39.5 cm³/mol. The second kappa shape index (κ2) is 3.68. The number of hydrogen-bond acceptors (Lipinski definition) is 1. The maximum atomic E-state index is 10.9. The normalized spacial score (nSPS) is 27.3.